The number of nitrogens with zero attached hydrogens (tertiary/aromatic N) is 2. The SMILES string of the molecule is Cc1cc(S(N)(=O)=O)ccc1NC(=O)c1cncn1C. The van der Waals surface area contributed by atoms with Gasteiger partial charge in [-0.3, -0.25) is 4.79 Å². The lowest BCUT2D eigenvalue weighted by Crippen LogP contribution is -2.17. The maximum atomic E-state index is 12.0. The topological polar surface area (TPSA) is 107 Å². The Labute approximate surface area is 116 Å². The molecule has 2 aromatic rings. The summed E-state index contributed by atoms with van der Waals surface area (Å²) in [5.74, 6) is -0.323. The molecule has 0 spiro atoms. The Bertz CT molecular complexity index is 765. The van der Waals surface area contributed by atoms with Gasteiger partial charge in [-0.05, 0) is 30.7 Å². The molecule has 1 aromatic carbocycles. The van der Waals surface area contributed by atoms with Crippen molar-refractivity contribution in [3.8, 4) is 0 Å². The largest absolute Gasteiger partial charge is 0.330 e. The number of rotatable bonds is 3. The first kappa shape index (κ1) is 14.2. The van der Waals surface area contributed by atoms with Crippen molar-refractivity contribution in [3.63, 3.8) is 0 Å². The van der Waals surface area contributed by atoms with Crippen molar-refractivity contribution < 1.29 is 13.2 Å². The van der Waals surface area contributed by atoms with E-state index in [1.165, 1.54) is 30.7 Å². The van der Waals surface area contributed by atoms with Crippen molar-refractivity contribution in [2.45, 2.75) is 11.8 Å². The molecule has 0 atom stereocenters. The number of carbonyl (C=O) groups is 1. The smallest absolute Gasteiger partial charge is 0.273 e. The molecule has 2 rings (SSSR count). The van der Waals surface area contributed by atoms with Gasteiger partial charge in [0.05, 0.1) is 17.4 Å². The lowest BCUT2D eigenvalue weighted by Gasteiger charge is -2.09. The van der Waals surface area contributed by atoms with E-state index in [4.69, 9.17) is 5.14 Å². The zero-order chi connectivity index (χ0) is 14.9. The van der Waals surface area contributed by atoms with Crippen LogP contribution < -0.4 is 10.5 Å². The van der Waals surface area contributed by atoms with E-state index >= 15 is 0 Å². The molecule has 0 saturated carbocycles. The number of hydrogen-bond donors (Lipinski definition) is 2. The average molecular weight is 294 g/mol. The number of benzene rings is 1. The van der Waals surface area contributed by atoms with Crippen LogP contribution in [0.15, 0.2) is 35.6 Å². The average Bonchev–Trinajstić information content (AvgIpc) is 2.76. The first-order chi connectivity index (χ1) is 9.29. The number of carbonyl (C=O) groups excluding carboxylic acids is 1. The molecule has 0 aliphatic carbocycles. The quantitative estimate of drug-likeness (QED) is 0.865. The third kappa shape index (κ3) is 2.86. The van der Waals surface area contributed by atoms with Crippen LogP contribution in [0.3, 0.4) is 0 Å². The van der Waals surface area contributed by atoms with Gasteiger partial charge in [0, 0.05) is 12.7 Å². The molecule has 0 saturated heterocycles. The molecular formula is C12H14N4O3S. The standard InChI is InChI=1S/C12H14N4O3S/c1-8-5-9(20(13,18)19)3-4-10(8)15-12(17)11-6-14-7-16(11)2/h3-7H,1-2H3,(H,15,17)(H2,13,18,19). The zero-order valence-corrected chi connectivity index (χ0v) is 11.8. The summed E-state index contributed by atoms with van der Waals surface area (Å²) in [5.41, 5.74) is 1.52. The van der Waals surface area contributed by atoms with Gasteiger partial charge < -0.3 is 9.88 Å². The maximum Gasteiger partial charge on any atom is 0.273 e. The lowest BCUT2D eigenvalue weighted by atomic mass is 10.2. The summed E-state index contributed by atoms with van der Waals surface area (Å²) in [6.07, 6.45) is 2.97. The van der Waals surface area contributed by atoms with Crippen molar-refractivity contribution in [3.05, 3.63) is 42.0 Å². The van der Waals surface area contributed by atoms with Gasteiger partial charge in [-0.25, -0.2) is 18.5 Å². The van der Waals surface area contributed by atoms with Crippen LogP contribution in [-0.4, -0.2) is 23.9 Å². The number of hydrogen-bond acceptors (Lipinski definition) is 4. The molecule has 1 aromatic heterocycles. The first-order valence-electron chi connectivity index (χ1n) is 5.70. The van der Waals surface area contributed by atoms with Crippen LogP contribution in [0, 0.1) is 6.92 Å². The summed E-state index contributed by atoms with van der Waals surface area (Å²) in [4.78, 5) is 15.9. The van der Waals surface area contributed by atoms with Crippen LogP contribution >= 0.6 is 0 Å². The van der Waals surface area contributed by atoms with E-state index in [9.17, 15) is 13.2 Å². The summed E-state index contributed by atoms with van der Waals surface area (Å²) in [6, 6.07) is 4.26. The molecule has 0 fully saturated rings. The predicted octanol–water partition coefficient (Wildman–Crippen LogP) is 0.628. The zero-order valence-electron chi connectivity index (χ0n) is 11.0. The number of nitrogens with one attached hydrogen (secondary N) is 1. The van der Waals surface area contributed by atoms with Crippen LogP contribution in [0.2, 0.25) is 0 Å². The second-order valence-corrected chi connectivity index (χ2v) is 5.93. The Morgan fingerprint density at radius 3 is 2.60 bits per heavy atom. The van der Waals surface area contributed by atoms with E-state index in [1.54, 1.807) is 18.5 Å². The third-order valence-electron chi connectivity index (χ3n) is 2.82. The Morgan fingerprint density at radius 1 is 1.40 bits per heavy atom. The molecule has 0 unspecified atom stereocenters. The Hall–Kier alpha value is -2.19. The molecule has 20 heavy (non-hydrogen) atoms. The van der Waals surface area contributed by atoms with Gasteiger partial charge in [0.15, 0.2) is 0 Å². The molecule has 0 aliphatic rings. The van der Waals surface area contributed by atoms with Crippen LogP contribution in [0.25, 0.3) is 0 Å². The minimum Gasteiger partial charge on any atom is -0.330 e. The number of aryl methyl sites for hydroxylation is 2. The molecule has 1 heterocycles. The van der Waals surface area contributed by atoms with Crippen LogP contribution in [0.4, 0.5) is 5.69 Å². The van der Waals surface area contributed by atoms with Gasteiger partial charge >= 0.3 is 0 Å². The number of nitrogens with two attached hydrogens (primary N) is 1. The van der Waals surface area contributed by atoms with E-state index in [1.807, 2.05) is 0 Å². The molecule has 7 nitrogen and oxygen atoms in total. The van der Waals surface area contributed by atoms with Crippen LogP contribution in [0.5, 0.6) is 0 Å². The Kier molecular flexibility index (Phi) is 3.60. The summed E-state index contributed by atoms with van der Waals surface area (Å²) >= 11 is 0. The second kappa shape index (κ2) is 5.06. The number of anilines is 1. The predicted molar refractivity (Wildman–Crippen MR) is 73.7 cm³/mol. The normalized spacial score (nSPS) is 11.3. The number of primary sulfonamides is 1. The van der Waals surface area contributed by atoms with E-state index in [0.29, 0.717) is 16.9 Å². The molecule has 0 aliphatic heterocycles. The number of amides is 1. The van der Waals surface area contributed by atoms with E-state index in [2.05, 4.69) is 10.3 Å². The summed E-state index contributed by atoms with van der Waals surface area (Å²) in [6.45, 7) is 1.69. The fourth-order valence-corrected chi connectivity index (χ4v) is 2.31. The molecule has 0 radical (unpaired) electrons. The van der Waals surface area contributed by atoms with Crippen LogP contribution in [0.1, 0.15) is 16.1 Å². The summed E-state index contributed by atoms with van der Waals surface area (Å²) in [5, 5.41) is 7.74. The fourth-order valence-electron chi connectivity index (χ4n) is 1.72. The number of sulfonamides is 1. The van der Waals surface area contributed by atoms with Crippen molar-refractivity contribution in [2.75, 3.05) is 5.32 Å². The summed E-state index contributed by atoms with van der Waals surface area (Å²) < 4.78 is 24.0. The minimum atomic E-state index is -3.75. The van der Waals surface area contributed by atoms with Gasteiger partial charge in [0.2, 0.25) is 10.0 Å². The van der Waals surface area contributed by atoms with E-state index in [0.717, 1.165) is 0 Å². The third-order valence-corrected chi connectivity index (χ3v) is 3.73. The molecular weight excluding hydrogens is 280 g/mol. The highest BCUT2D eigenvalue weighted by Gasteiger charge is 2.13. The molecule has 0 bridgehead atoms. The van der Waals surface area contributed by atoms with Gasteiger partial charge in [-0.2, -0.15) is 0 Å². The lowest BCUT2D eigenvalue weighted by molar-refractivity contribution is 0.101. The maximum absolute atomic E-state index is 12.0. The van der Waals surface area contributed by atoms with Crippen molar-refractivity contribution in [1.82, 2.24) is 9.55 Å². The highest BCUT2D eigenvalue weighted by molar-refractivity contribution is 7.89. The number of aromatic nitrogens is 2. The van der Waals surface area contributed by atoms with Crippen molar-refractivity contribution in [1.29, 1.82) is 0 Å². The monoisotopic (exact) mass is 294 g/mol. The fraction of sp³-hybridized carbons (Fsp3) is 0.167. The molecule has 106 valence electrons. The Balaban J connectivity index is 2.27. The van der Waals surface area contributed by atoms with Gasteiger partial charge in [0.1, 0.15) is 5.69 Å². The molecule has 1 amide bonds. The Morgan fingerprint density at radius 2 is 2.10 bits per heavy atom. The van der Waals surface area contributed by atoms with Gasteiger partial charge in [-0.15, -0.1) is 0 Å². The van der Waals surface area contributed by atoms with E-state index in [-0.39, 0.29) is 10.8 Å². The number of imidazole rings is 1. The van der Waals surface area contributed by atoms with Gasteiger partial charge in [-0.1, -0.05) is 0 Å². The van der Waals surface area contributed by atoms with Crippen molar-refractivity contribution >= 4 is 21.6 Å². The molecule has 8 heteroatoms. The van der Waals surface area contributed by atoms with Crippen molar-refractivity contribution in [2.24, 2.45) is 12.2 Å². The van der Waals surface area contributed by atoms with Gasteiger partial charge in [0.25, 0.3) is 5.91 Å². The minimum absolute atomic E-state index is 0.00790. The van der Waals surface area contributed by atoms with E-state index < -0.39 is 10.0 Å². The highest BCUT2D eigenvalue weighted by atomic mass is 32.2. The van der Waals surface area contributed by atoms with Crippen LogP contribution in [-0.2, 0) is 17.1 Å². The molecule has 3 N–H and O–H groups in total. The second-order valence-electron chi connectivity index (χ2n) is 4.37. The highest BCUT2D eigenvalue weighted by Crippen LogP contribution is 2.19. The summed E-state index contributed by atoms with van der Waals surface area (Å²) in [7, 11) is -2.04. The first-order valence-corrected chi connectivity index (χ1v) is 7.25.